The first kappa shape index (κ1) is 17.4. The van der Waals surface area contributed by atoms with Gasteiger partial charge in [-0.1, -0.05) is 75.1 Å². The van der Waals surface area contributed by atoms with Crippen molar-refractivity contribution in [3.63, 3.8) is 0 Å². The maximum absolute atomic E-state index is 12.8. The van der Waals surface area contributed by atoms with Crippen molar-refractivity contribution in [3.8, 4) is 0 Å². The first-order valence-corrected chi connectivity index (χ1v) is 9.04. The number of carbonyl (C=O) groups excluding carboxylic acids is 1. The average molecular weight is 338 g/mol. The fourth-order valence-corrected chi connectivity index (χ4v) is 4.18. The first-order chi connectivity index (χ1) is 10.4. The van der Waals surface area contributed by atoms with Crippen LogP contribution in [0.5, 0.6) is 0 Å². The number of hydrogen-bond acceptors (Lipinski definition) is 4. The molecule has 2 rings (SSSR count). The molecule has 1 amide bonds. The summed E-state index contributed by atoms with van der Waals surface area (Å²) >= 11 is 6.92. The topological polar surface area (TPSA) is 40.5 Å². The summed E-state index contributed by atoms with van der Waals surface area (Å²) in [6.45, 7) is 6.08. The number of thioether (sulfide) groups is 1. The zero-order chi connectivity index (χ0) is 16.3. The third-order valence-electron chi connectivity index (χ3n) is 3.95. The van der Waals surface area contributed by atoms with Crippen molar-refractivity contribution in [1.82, 2.24) is 4.90 Å². The Kier molecular flexibility index (Phi) is 6.01. The molecule has 22 heavy (non-hydrogen) atoms. The Morgan fingerprint density at radius 2 is 2.00 bits per heavy atom. The molecule has 120 valence electrons. The minimum Gasteiger partial charge on any atom is -0.388 e. The van der Waals surface area contributed by atoms with Crippen LogP contribution in [0.25, 0.3) is 0 Å². The summed E-state index contributed by atoms with van der Waals surface area (Å²) in [5.74, 6) is 0.790. The summed E-state index contributed by atoms with van der Waals surface area (Å²) in [6.07, 6.45) is 0.134. The molecule has 0 bridgehead atoms. The molecule has 0 radical (unpaired) electrons. The predicted molar refractivity (Wildman–Crippen MR) is 95.7 cm³/mol. The van der Waals surface area contributed by atoms with Crippen molar-refractivity contribution in [2.75, 3.05) is 5.75 Å². The van der Waals surface area contributed by atoms with Gasteiger partial charge < -0.3 is 5.11 Å². The molecule has 1 heterocycles. The van der Waals surface area contributed by atoms with Crippen molar-refractivity contribution in [2.45, 2.75) is 39.3 Å². The lowest BCUT2D eigenvalue weighted by molar-refractivity contribution is -0.135. The maximum Gasteiger partial charge on any atom is 0.234 e. The second-order valence-electron chi connectivity index (χ2n) is 6.21. The van der Waals surface area contributed by atoms with Crippen molar-refractivity contribution >= 4 is 34.2 Å². The number of amides is 1. The molecule has 0 spiro atoms. The van der Waals surface area contributed by atoms with Crippen molar-refractivity contribution in [3.05, 3.63) is 35.9 Å². The summed E-state index contributed by atoms with van der Waals surface area (Å²) in [4.78, 5) is 14.6. The van der Waals surface area contributed by atoms with Gasteiger partial charge in [-0.05, 0) is 17.9 Å². The van der Waals surface area contributed by atoms with Crippen LogP contribution in [0.1, 0.15) is 38.9 Å². The van der Waals surface area contributed by atoms with E-state index in [0.29, 0.717) is 10.2 Å². The monoisotopic (exact) mass is 337 g/mol. The van der Waals surface area contributed by atoms with Gasteiger partial charge in [0.15, 0.2) is 0 Å². The molecule has 1 N–H and O–H groups in total. The van der Waals surface area contributed by atoms with Gasteiger partial charge in [-0.15, -0.1) is 0 Å². The van der Waals surface area contributed by atoms with Crippen molar-refractivity contribution < 1.29 is 9.90 Å². The Bertz CT molecular complexity index is 533. The third kappa shape index (κ3) is 3.89. The maximum atomic E-state index is 12.8. The van der Waals surface area contributed by atoms with Gasteiger partial charge in [0.25, 0.3) is 0 Å². The van der Waals surface area contributed by atoms with E-state index in [0.717, 1.165) is 17.7 Å². The average Bonchev–Trinajstić information content (AvgIpc) is 2.86. The van der Waals surface area contributed by atoms with Gasteiger partial charge in [0, 0.05) is 11.8 Å². The summed E-state index contributed by atoms with van der Waals surface area (Å²) < 4.78 is 0.641. The number of aliphatic hydroxyl groups excluding tert-OH is 1. The molecule has 0 saturated carbocycles. The highest BCUT2D eigenvalue weighted by molar-refractivity contribution is 8.23. The smallest absolute Gasteiger partial charge is 0.234 e. The Morgan fingerprint density at radius 1 is 1.36 bits per heavy atom. The standard InChI is InChI=1S/C17H23NO2S2/c1-11(2)9-14-10-22-17(21)18(14)16(20)12(3)15(19)13-7-5-4-6-8-13/h4-8,11-12,14-15,19H,9-10H2,1-3H3/t12-,14+,15-/m1/s1. The molecule has 0 aromatic heterocycles. The molecular formula is C17H23NO2S2. The van der Waals surface area contributed by atoms with Gasteiger partial charge in [-0.2, -0.15) is 0 Å². The minimum atomic E-state index is -0.804. The second kappa shape index (κ2) is 7.57. The SMILES string of the molecule is CC(C)C[C@H]1CSC(=S)N1C(=O)[C@H](C)[C@@H](O)c1ccccc1. The van der Waals surface area contributed by atoms with E-state index in [2.05, 4.69) is 13.8 Å². The third-order valence-corrected chi connectivity index (χ3v) is 5.49. The number of benzene rings is 1. The predicted octanol–water partition coefficient (Wildman–Crippen LogP) is 3.63. The van der Waals surface area contributed by atoms with Crippen LogP contribution in [-0.4, -0.2) is 32.0 Å². The minimum absolute atomic E-state index is 0.0722. The Labute approximate surface area is 142 Å². The summed E-state index contributed by atoms with van der Waals surface area (Å²) in [6, 6.07) is 9.47. The van der Waals surface area contributed by atoms with E-state index in [9.17, 15) is 9.90 Å². The van der Waals surface area contributed by atoms with Crippen LogP contribution < -0.4 is 0 Å². The van der Waals surface area contributed by atoms with Crippen LogP contribution in [0, 0.1) is 11.8 Å². The number of hydrogen-bond donors (Lipinski definition) is 1. The number of aliphatic hydroxyl groups is 1. The lowest BCUT2D eigenvalue weighted by Gasteiger charge is -2.29. The molecule has 1 aliphatic rings. The van der Waals surface area contributed by atoms with E-state index < -0.39 is 12.0 Å². The Balaban J connectivity index is 2.13. The van der Waals surface area contributed by atoms with E-state index in [1.165, 1.54) is 0 Å². The van der Waals surface area contributed by atoms with E-state index in [4.69, 9.17) is 12.2 Å². The van der Waals surface area contributed by atoms with Crippen LogP contribution in [0.3, 0.4) is 0 Å². The molecule has 3 nitrogen and oxygen atoms in total. The van der Waals surface area contributed by atoms with Crippen LogP contribution >= 0.6 is 24.0 Å². The van der Waals surface area contributed by atoms with Crippen LogP contribution in [0.15, 0.2) is 30.3 Å². The molecular weight excluding hydrogens is 314 g/mol. The van der Waals surface area contributed by atoms with Crippen LogP contribution in [0.4, 0.5) is 0 Å². The number of rotatable bonds is 5. The lowest BCUT2D eigenvalue weighted by atomic mass is 9.95. The van der Waals surface area contributed by atoms with E-state index >= 15 is 0 Å². The van der Waals surface area contributed by atoms with Crippen LogP contribution in [0.2, 0.25) is 0 Å². The lowest BCUT2D eigenvalue weighted by Crippen LogP contribution is -2.43. The molecule has 1 aliphatic heterocycles. The molecule has 1 saturated heterocycles. The summed E-state index contributed by atoms with van der Waals surface area (Å²) in [5.41, 5.74) is 0.765. The quantitative estimate of drug-likeness (QED) is 0.833. The summed E-state index contributed by atoms with van der Waals surface area (Å²) in [7, 11) is 0. The number of carbonyl (C=O) groups is 1. The number of nitrogens with zero attached hydrogens (tertiary/aromatic N) is 1. The Morgan fingerprint density at radius 3 is 2.59 bits per heavy atom. The van der Waals surface area contributed by atoms with Gasteiger partial charge in [0.05, 0.1) is 12.0 Å². The zero-order valence-corrected chi connectivity index (χ0v) is 14.9. The molecule has 1 aromatic rings. The van der Waals surface area contributed by atoms with Gasteiger partial charge in [0.1, 0.15) is 4.32 Å². The van der Waals surface area contributed by atoms with Crippen LogP contribution in [-0.2, 0) is 4.79 Å². The molecule has 1 fully saturated rings. The first-order valence-electron chi connectivity index (χ1n) is 7.64. The van der Waals surface area contributed by atoms with E-state index in [-0.39, 0.29) is 11.9 Å². The molecule has 3 atom stereocenters. The van der Waals surface area contributed by atoms with E-state index in [1.54, 1.807) is 23.6 Å². The highest BCUT2D eigenvalue weighted by atomic mass is 32.2. The van der Waals surface area contributed by atoms with Crippen molar-refractivity contribution in [1.29, 1.82) is 0 Å². The van der Waals surface area contributed by atoms with Gasteiger partial charge in [0.2, 0.25) is 5.91 Å². The molecule has 0 unspecified atom stereocenters. The number of thiocarbonyl (C=S) groups is 1. The molecule has 5 heteroatoms. The molecule has 1 aromatic carbocycles. The fourth-order valence-electron chi connectivity index (χ4n) is 2.74. The normalized spacial score (nSPS) is 21.2. The zero-order valence-electron chi connectivity index (χ0n) is 13.2. The fraction of sp³-hybridized carbons (Fsp3) is 0.529. The van der Waals surface area contributed by atoms with Gasteiger partial charge in [-0.3, -0.25) is 9.69 Å². The Hall–Kier alpha value is -0.910. The van der Waals surface area contributed by atoms with Crippen molar-refractivity contribution in [2.24, 2.45) is 11.8 Å². The second-order valence-corrected chi connectivity index (χ2v) is 7.87. The van der Waals surface area contributed by atoms with Gasteiger partial charge >= 0.3 is 0 Å². The van der Waals surface area contributed by atoms with Gasteiger partial charge in [-0.25, -0.2) is 0 Å². The summed E-state index contributed by atoms with van der Waals surface area (Å²) in [5, 5.41) is 10.5. The highest BCUT2D eigenvalue weighted by Crippen LogP contribution is 2.32. The highest BCUT2D eigenvalue weighted by Gasteiger charge is 2.38. The van der Waals surface area contributed by atoms with E-state index in [1.807, 2.05) is 30.3 Å². The largest absolute Gasteiger partial charge is 0.388 e. The molecule has 0 aliphatic carbocycles.